The minimum absolute atomic E-state index is 0.0159. The van der Waals surface area contributed by atoms with Gasteiger partial charge in [0.2, 0.25) is 55.6 Å². The van der Waals surface area contributed by atoms with Crippen LogP contribution in [0.1, 0.15) is 65.2 Å². The van der Waals surface area contributed by atoms with Gasteiger partial charge in [-0.25, -0.2) is 0 Å². The van der Waals surface area contributed by atoms with E-state index in [-0.39, 0.29) is 30.4 Å². The first-order valence-electron chi connectivity index (χ1n) is 10.7. The topological polar surface area (TPSA) is 107 Å². The van der Waals surface area contributed by atoms with Gasteiger partial charge in [-0.15, -0.1) is 0 Å². The number of carbonyl (C=O) groups is 5. The number of rotatable bonds is 16. The van der Waals surface area contributed by atoms with E-state index >= 15 is 0 Å². The molecule has 0 rings (SSSR count). The second-order valence-electron chi connectivity index (χ2n) is 7.84. The Morgan fingerprint density at radius 1 is 0.688 bits per heavy atom. The highest BCUT2D eigenvalue weighted by Gasteiger charge is 2.21. The third kappa shape index (κ3) is 14.0. The Hall–Kier alpha value is -2.19. The number of amides is 4. The third-order valence-corrected chi connectivity index (χ3v) is 4.69. The monoisotopic (exact) mass is 438 g/mol. The zero-order valence-electron chi connectivity index (χ0n) is 19.0. The Morgan fingerprint density at radius 3 is 1.69 bits per heavy atom. The molecule has 0 aliphatic carbocycles. The average molecular weight is 438 g/mol. The summed E-state index contributed by atoms with van der Waals surface area (Å²) in [5.41, 5.74) is 0. The fourth-order valence-electron chi connectivity index (χ4n) is 2.65. The molecule has 0 unspecified atom stereocenters. The van der Waals surface area contributed by atoms with Crippen LogP contribution in [-0.4, -0.2) is 95.3 Å². The highest BCUT2D eigenvalue weighted by molar-refractivity contribution is 6.35. The van der Waals surface area contributed by atoms with Gasteiger partial charge in [-0.2, -0.15) is 0 Å². The summed E-state index contributed by atoms with van der Waals surface area (Å²) in [4.78, 5) is 60.1. The van der Waals surface area contributed by atoms with Gasteiger partial charge in [0.1, 0.15) is 5.78 Å². The number of Topliss-reactive ketones (excluding diaryl/α,β-unsaturated/α-hetero) is 1. The van der Waals surface area contributed by atoms with Crippen LogP contribution in [0.2, 0.25) is 0 Å². The molecule has 0 aromatic heterocycles. The van der Waals surface area contributed by atoms with Gasteiger partial charge in [0, 0.05) is 31.7 Å². The quantitative estimate of drug-likeness (QED) is 0.253. The van der Waals surface area contributed by atoms with Crippen molar-refractivity contribution in [3.63, 3.8) is 0 Å². The lowest BCUT2D eigenvalue weighted by atomic mass is 10.0. The van der Waals surface area contributed by atoms with Gasteiger partial charge in [0.05, 0.1) is 13.1 Å². The lowest BCUT2D eigenvalue weighted by molar-refractivity contribution is -0.140. The normalized spacial score (nSPS) is 10.5. The van der Waals surface area contributed by atoms with Crippen LogP contribution in [-0.2, 0) is 24.0 Å². The summed E-state index contributed by atoms with van der Waals surface area (Å²) >= 11 is 0. The molecule has 0 fully saturated rings. The lowest BCUT2D eigenvalue weighted by Crippen LogP contribution is -2.46. The van der Waals surface area contributed by atoms with Gasteiger partial charge >= 0.3 is 0 Å². The summed E-state index contributed by atoms with van der Waals surface area (Å²) in [5.74, 6) is -1.86. The van der Waals surface area contributed by atoms with Crippen molar-refractivity contribution in [1.82, 2.24) is 19.7 Å². The standard InChI is InChI=1S/C19H30B4N4O5/c1-14(2)15(28)8-4-3-7-11-24-16(29)9-5-6-10-17(30)25(12-18(31)26(20)21)13-19(32)27(22)23/h14H,3-13H2,1-2H3,(H,24,29). The Kier molecular flexibility index (Phi) is 15.3. The maximum Gasteiger partial charge on any atom is 0.223 e. The first kappa shape index (κ1) is 29.8. The Morgan fingerprint density at radius 2 is 1.19 bits per heavy atom. The van der Waals surface area contributed by atoms with Crippen molar-refractivity contribution in [3.05, 3.63) is 0 Å². The fourth-order valence-corrected chi connectivity index (χ4v) is 2.65. The van der Waals surface area contributed by atoms with Crippen LogP contribution in [0.4, 0.5) is 0 Å². The second kappa shape index (κ2) is 16.4. The molecule has 1 N–H and O–H groups in total. The SMILES string of the molecule is [B]N([B])C(=O)CN(CC(=O)N([B])[B])C(=O)CCCCC(=O)NCCCCCC(=O)C(C)C. The molecule has 0 aromatic carbocycles. The molecule has 0 saturated heterocycles. The number of nitrogens with zero attached hydrogens (tertiary/aromatic N) is 3. The maximum absolute atomic E-state index is 12.4. The molecule has 0 atom stereocenters. The summed E-state index contributed by atoms with van der Waals surface area (Å²) in [6.45, 7) is 3.29. The number of nitrogens with one attached hydrogen (secondary N) is 1. The van der Waals surface area contributed by atoms with Crippen molar-refractivity contribution in [2.24, 2.45) is 5.92 Å². The number of unbranched alkanes of at least 4 members (excludes halogenated alkanes) is 3. The largest absolute Gasteiger partial charge is 0.447 e. The van der Waals surface area contributed by atoms with Crippen molar-refractivity contribution in [2.45, 2.75) is 65.2 Å². The Bertz CT molecular complexity index is 625. The summed E-state index contributed by atoms with van der Waals surface area (Å²) in [6.07, 6.45) is 4.14. The molecule has 0 aliphatic rings. The van der Waals surface area contributed by atoms with Gasteiger partial charge in [0.15, 0.2) is 0 Å². The van der Waals surface area contributed by atoms with Crippen molar-refractivity contribution in [2.75, 3.05) is 19.6 Å². The van der Waals surface area contributed by atoms with Crippen molar-refractivity contribution >= 4 is 61.3 Å². The van der Waals surface area contributed by atoms with Crippen LogP contribution in [0.3, 0.4) is 0 Å². The van der Waals surface area contributed by atoms with Crippen LogP contribution in [0.25, 0.3) is 0 Å². The highest BCUT2D eigenvalue weighted by atomic mass is 16.2. The van der Waals surface area contributed by atoms with Crippen LogP contribution < -0.4 is 5.32 Å². The van der Waals surface area contributed by atoms with E-state index in [9.17, 15) is 24.0 Å². The predicted molar refractivity (Wildman–Crippen MR) is 123 cm³/mol. The van der Waals surface area contributed by atoms with Gasteiger partial charge < -0.3 is 19.7 Å². The van der Waals surface area contributed by atoms with E-state index in [1.54, 1.807) is 0 Å². The van der Waals surface area contributed by atoms with Crippen molar-refractivity contribution < 1.29 is 24.0 Å². The summed E-state index contributed by atoms with van der Waals surface area (Å²) < 4.78 is 0.639. The van der Waals surface area contributed by atoms with E-state index in [1.165, 1.54) is 0 Å². The van der Waals surface area contributed by atoms with Crippen molar-refractivity contribution in [1.29, 1.82) is 0 Å². The molecule has 32 heavy (non-hydrogen) atoms. The van der Waals surface area contributed by atoms with Crippen LogP contribution in [0.15, 0.2) is 0 Å². The van der Waals surface area contributed by atoms with Crippen LogP contribution in [0.5, 0.6) is 0 Å². The van der Waals surface area contributed by atoms with E-state index in [2.05, 4.69) is 5.32 Å². The molecule has 0 aromatic rings. The zero-order chi connectivity index (χ0) is 24.7. The predicted octanol–water partition coefficient (Wildman–Crippen LogP) is -0.732. The molecule has 168 valence electrons. The molecule has 0 bridgehead atoms. The minimum atomic E-state index is -0.778. The third-order valence-electron chi connectivity index (χ3n) is 4.69. The zero-order valence-corrected chi connectivity index (χ0v) is 19.0. The fraction of sp³-hybridized carbons (Fsp3) is 0.737. The van der Waals surface area contributed by atoms with Gasteiger partial charge in [-0.05, 0) is 25.7 Å². The molecule has 4 amide bonds. The number of carbonyl (C=O) groups excluding carboxylic acids is 5. The number of hydrogen-bond donors (Lipinski definition) is 1. The Balaban J connectivity index is 4.18. The maximum atomic E-state index is 12.4. The smallest absolute Gasteiger partial charge is 0.223 e. The minimum Gasteiger partial charge on any atom is -0.447 e. The van der Waals surface area contributed by atoms with Crippen LogP contribution in [0, 0.1) is 5.92 Å². The Labute approximate surface area is 196 Å². The molecule has 8 radical (unpaired) electrons. The van der Waals surface area contributed by atoms with E-state index in [4.69, 9.17) is 31.9 Å². The highest BCUT2D eigenvalue weighted by Crippen LogP contribution is 2.07. The summed E-state index contributed by atoms with van der Waals surface area (Å²) in [5, 5.41) is 2.81. The molecule has 9 nitrogen and oxygen atoms in total. The lowest BCUT2D eigenvalue weighted by Gasteiger charge is -2.25. The number of ketones is 1. The summed E-state index contributed by atoms with van der Waals surface area (Å²) in [7, 11) is 20.6. The first-order chi connectivity index (χ1) is 15.0. The molecular weight excluding hydrogens is 407 g/mol. The van der Waals surface area contributed by atoms with E-state index < -0.39 is 30.8 Å². The molecular formula is C19H30B4N4O5. The van der Waals surface area contributed by atoms with Gasteiger partial charge in [0.25, 0.3) is 0 Å². The number of hydrogen-bond acceptors (Lipinski definition) is 5. The van der Waals surface area contributed by atoms with Gasteiger partial charge in [-0.3, -0.25) is 24.0 Å². The van der Waals surface area contributed by atoms with Crippen molar-refractivity contribution in [3.8, 4) is 0 Å². The van der Waals surface area contributed by atoms with Gasteiger partial charge in [-0.1, -0.05) is 20.3 Å². The van der Waals surface area contributed by atoms with E-state index in [0.29, 0.717) is 35.3 Å². The molecule has 0 aliphatic heterocycles. The van der Waals surface area contributed by atoms with E-state index in [0.717, 1.165) is 24.2 Å². The second-order valence-corrected chi connectivity index (χ2v) is 7.84. The van der Waals surface area contributed by atoms with Crippen LogP contribution >= 0.6 is 0 Å². The molecule has 0 saturated carbocycles. The average Bonchev–Trinajstić information content (AvgIpc) is 2.72. The van der Waals surface area contributed by atoms with E-state index in [1.807, 2.05) is 13.8 Å². The summed E-state index contributed by atoms with van der Waals surface area (Å²) in [6, 6.07) is 0. The first-order valence-corrected chi connectivity index (χ1v) is 10.7. The molecule has 0 heterocycles. The molecule has 0 spiro atoms. The molecule has 13 heteroatoms.